The summed E-state index contributed by atoms with van der Waals surface area (Å²) in [5.74, 6) is 0.291. The molecule has 0 unspecified atom stereocenters. The molecule has 1 saturated carbocycles. The molecular weight excluding hydrogens is 180 g/mol. The van der Waals surface area contributed by atoms with Crippen LogP contribution >= 0.6 is 0 Å². The number of esters is 1. The van der Waals surface area contributed by atoms with Crippen LogP contribution in [0.25, 0.3) is 0 Å². The molecule has 78 valence electrons. The maximum absolute atomic E-state index is 10.8. The molecular formula is C11H16O3. The van der Waals surface area contributed by atoms with Crippen LogP contribution in [0.2, 0.25) is 0 Å². The molecule has 3 heteroatoms. The first-order chi connectivity index (χ1) is 6.76. The van der Waals surface area contributed by atoms with E-state index >= 15 is 0 Å². The van der Waals surface area contributed by atoms with Crippen LogP contribution in [0.3, 0.4) is 0 Å². The molecule has 0 spiro atoms. The van der Waals surface area contributed by atoms with E-state index in [0.29, 0.717) is 12.5 Å². The van der Waals surface area contributed by atoms with E-state index < -0.39 is 0 Å². The molecule has 3 nitrogen and oxygen atoms in total. The summed E-state index contributed by atoms with van der Waals surface area (Å²) in [7, 11) is 0. The van der Waals surface area contributed by atoms with Crippen LogP contribution < -0.4 is 0 Å². The van der Waals surface area contributed by atoms with Gasteiger partial charge in [0.15, 0.2) is 0 Å². The van der Waals surface area contributed by atoms with E-state index in [1.807, 2.05) is 0 Å². The third-order valence-corrected chi connectivity index (χ3v) is 2.71. The second kappa shape index (κ2) is 5.58. The molecule has 0 amide bonds. The zero-order valence-electron chi connectivity index (χ0n) is 8.28. The standard InChI is InChI=1S/C11H16O3/c1-2-11(13)14-8-10-5-3-9(7-12)4-6-10/h2,7,9-10H,1,3-6,8H2. The average molecular weight is 196 g/mol. The molecule has 0 aromatic heterocycles. The number of hydrogen-bond acceptors (Lipinski definition) is 3. The molecule has 0 aromatic carbocycles. The minimum atomic E-state index is -0.359. The Morgan fingerprint density at radius 3 is 2.50 bits per heavy atom. The lowest BCUT2D eigenvalue weighted by Gasteiger charge is -2.24. The highest BCUT2D eigenvalue weighted by Crippen LogP contribution is 2.27. The van der Waals surface area contributed by atoms with Gasteiger partial charge in [-0.05, 0) is 31.6 Å². The first kappa shape index (κ1) is 11.0. The maximum Gasteiger partial charge on any atom is 0.330 e. The van der Waals surface area contributed by atoms with Gasteiger partial charge in [0, 0.05) is 12.0 Å². The third-order valence-electron chi connectivity index (χ3n) is 2.71. The lowest BCUT2D eigenvalue weighted by atomic mass is 9.83. The van der Waals surface area contributed by atoms with Crippen LogP contribution in [0.1, 0.15) is 25.7 Å². The normalized spacial score (nSPS) is 26.6. The smallest absolute Gasteiger partial charge is 0.330 e. The van der Waals surface area contributed by atoms with E-state index in [1.165, 1.54) is 6.08 Å². The van der Waals surface area contributed by atoms with Crippen molar-refractivity contribution in [3.05, 3.63) is 12.7 Å². The predicted molar refractivity (Wildman–Crippen MR) is 52.7 cm³/mol. The van der Waals surface area contributed by atoms with Gasteiger partial charge < -0.3 is 9.53 Å². The number of carbonyl (C=O) groups is 2. The summed E-state index contributed by atoms with van der Waals surface area (Å²) in [4.78, 5) is 21.3. The fraction of sp³-hybridized carbons (Fsp3) is 0.636. The quantitative estimate of drug-likeness (QED) is 0.390. The molecule has 0 N–H and O–H groups in total. The third kappa shape index (κ3) is 3.32. The largest absolute Gasteiger partial charge is 0.462 e. The van der Waals surface area contributed by atoms with Crippen LogP contribution in [0.5, 0.6) is 0 Å². The zero-order valence-corrected chi connectivity index (χ0v) is 8.28. The summed E-state index contributed by atoms with van der Waals surface area (Å²) in [6.45, 7) is 3.80. The number of carbonyl (C=O) groups excluding carboxylic acids is 2. The van der Waals surface area contributed by atoms with Crippen LogP contribution in [0.4, 0.5) is 0 Å². The van der Waals surface area contributed by atoms with E-state index in [0.717, 1.165) is 32.0 Å². The average Bonchev–Trinajstić information content (AvgIpc) is 2.26. The highest BCUT2D eigenvalue weighted by atomic mass is 16.5. The molecule has 0 heterocycles. The Morgan fingerprint density at radius 1 is 1.36 bits per heavy atom. The summed E-state index contributed by atoms with van der Waals surface area (Å²) >= 11 is 0. The summed E-state index contributed by atoms with van der Waals surface area (Å²) in [6.07, 6.45) is 6.03. The van der Waals surface area contributed by atoms with Gasteiger partial charge in [0.25, 0.3) is 0 Å². The number of rotatable bonds is 4. The first-order valence-electron chi connectivity index (χ1n) is 5.00. The van der Waals surface area contributed by atoms with Crippen LogP contribution in [0.15, 0.2) is 12.7 Å². The summed E-state index contributed by atoms with van der Waals surface area (Å²) in [5, 5.41) is 0. The Balaban J connectivity index is 2.18. The first-order valence-corrected chi connectivity index (χ1v) is 5.00. The molecule has 14 heavy (non-hydrogen) atoms. The Labute approximate surface area is 84.1 Å². The number of ether oxygens (including phenoxy) is 1. The van der Waals surface area contributed by atoms with E-state index in [1.54, 1.807) is 0 Å². The molecule has 1 rings (SSSR count). The van der Waals surface area contributed by atoms with Crippen molar-refractivity contribution in [1.82, 2.24) is 0 Å². The van der Waals surface area contributed by atoms with Crippen molar-refractivity contribution in [2.75, 3.05) is 6.61 Å². The fourth-order valence-corrected chi connectivity index (χ4v) is 1.75. The van der Waals surface area contributed by atoms with Gasteiger partial charge in [-0.15, -0.1) is 0 Å². The van der Waals surface area contributed by atoms with Crippen molar-refractivity contribution in [3.8, 4) is 0 Å². The van der Waals surface area contributed by atoms with Crippen LogP contribution in [-0.4, -0.2) is 18.9 Å². The Hall–Kier alpha value is -1.12. The summed E-state index contributed by atoms with van der Waals surface area (Å²) in [5.41, 5.74) is 0. The Morgan fingerprint density at radius 2 is 2.00 bits per heavy atom. The van der Waals surface area contributed by atoms with Gasteiger partial charge in [0.05, 0.1) is 6.61 Å². The summed E-state index contributed by atoms with van der Waals surface area (Å²) < 4.78 is 4.95. The molecule has 0 aliphatic heterocycles. The van der Waals surface area contributed by atoms with Crippen molar-refractivity contribution in [2.24, 2.45) is 11.8 Å². The van der Waals surface area contributed by atoms with E-state index in [2.05, 4.69) is 6.58 Å². The minimum Gasteiger partial charge on any atom is -0.462 e. The van der Waals surface area contributed by atoms with E-state index in [9.17, 15) is 9.59 Å². The lowest BCUT2D eigenvalue weighted by molar-refractivity contribution is -0.139. The second-order valence-electron chi connectivity index (χ2n) is 3.75. The van der Waals surface area contributed by atoms with Crippen molar-refractivity contribution >= 4 is 12.3 Å². The van der Waals surface area contributed by atoms with Crippen molar-refractivity contribution in [2.45, 2.75) is 25.7 Å². The van der Waals surface area contributed by atoms with Crippen molar-refractivity contribution in [1.29, 1.82) is 0 Å². The predicted octanol–water partition coefficient (Wildman–Crippen LogP) is 1.72. The highest BCUT2D eigenvalue weighted by Gasteiger charge is 2.21. The van der Waals surface area contributed by atoms with E-state index in [4.69, 9.17) is 4.74 Å². The van der Waals surface area contributed by atoms with Crippen LogP contribution in [0, 0.1) is 11.8 Å². The number of hydrogen-bond donors (Lipinski definition) is 0. The molecule has 1 aliphatic carbocycles. The van der Waals surface area contributed by atoms with Gasteiger partial charge in [-0.1, -0.05) is 6.58 Å². The Kier molecular flexibility index (Phi) is 4.36. The van der Waals surface area contributed by atoms with Crippen molar-refractivity contribution in [3.63, 3.8) is 0 Å². The summed E-state index contributed by atoms with van der Waals surface area (Å²) in [6, 6.07) is 0. The van der Waals surface area contributed by atoms with Gasteiger partial charge in [-0.25, -0.2) is 4.79 Å². The SMILES string of the molecule is C=CC(=O)OCC1CCC(C=O)CC1. The minimum absolute atomic E-state index is 0.223. The zero-order chi connectivity index (χ0) is 10.4. The number of aldehydes is 1. The molecule has 1 fully saturated rings. The maximum atomic E-state index is 10.8. The molecule has 0 aromatic rings. The molecule has 0 saturated heterocycles. The molecule has 0 atom stereocenters. The van der Waals surface area contributed by atoms with Gasteiger partial charge in [-0.3, -0.25) is 0 Å². The van der Waals surface area contributed by atoms with Gasteiger partial charge >= 0.3 is 5.97 Å². The van der Waals surface area contributed by atoms with Crippen molar-refractivity contribution < 1.29 is 14.3 Å². The molecule has 0 radical (unpaired) electrons. The van der Waals surface area contributed by atoms with Gasteiger partial charge in [-0.2, -0.15) is 0 Å². The highest BCUT2D eigenvalue weighted by molar-refractivity contribution is 5.81. The van der Waals surface area contributed by atoms with E-state index in [-0.39, 0.29) is 11.9 Å². The lowest BCUT2D eigenvalue weighted by Crippen LogP contribution is -2.20. The Bertz CT molecular complexity index is 215. The topological polar surface area (TPSA) is 43.4 Å². The fourth-order valence-electron chi connectivity index (χ4n) is 1.75. The van der Waals surface area contributed by atoms with Gasteiger partial charge in [0.1, 0.15) is 6.29 Å². The monoisotopic (exact) mass is 196 g/mol. The van der Waals surface area contributed by atoms with Crippen LogP contribution in [-0.2, 0) is 14.3 Å². The molecule has 1 aliphatic rings. The molecule has 0 bridgehead atoms. The van der Waals surface area contributed by atoms with Gasteiger partial charge in [0.2, 0.25) is 0 Å². The second-order valence-corrected chi connectivity index (χ2v) is 3.75.